The summed E-state index contributed by atoms with van der Waals surface area (Å²) >= 11 is 5.99. The van der Waals surface area contributed by atoms with E-state index in [0.717, 1.165) is 61.2 Å². The Hall–Kier alpha value is -4.02. The number of rotatable bonds is 8. The number of piperazine rings is 1. The SMILES string of the molecule is O=[N+]([O-])c1cn2c(n1)OC(COc1ccc(N3CCN(Cc4ccc(-c5ccc(Cl)cc5)o4)CC3)cc1)CC2. The summed E-state index contributed by atoms with van der Waals surface area (Å²) in [5, 5.41) is 11.6. The van der Waals surface area contributed by atoms with E-state index in [0.29, 0.717) is 24.6 Å². The highest BCUT2D eigenvalue weighted by Crippen LogP contribution is 2.27. The lowest BCUT2D eigenvalue weighted by Gasteiger charge is -2.35. The number of fused-ring (bicyclic) bond motifs is 1. The third kappa shape index (κ3) is 5.86. The molecule has 1 fully saturated rings. The maximum atomic E-state index is 10.9. The first-order chi connectivity index (χ1) is 19.0. The number of hydrogen-bond acceptors (Lipinski definition) is 8. The van der Waals surface area contributed by atoms with Crippen molar-refractivity contribution in [3.8, 4) is 23.1 Å². The zero-order valence-electron chi connectivity index (χ0n) is 21.2. The first-order valence-corrected chi connectivity index (χ1v) is 13.3. The molecule has 2 aromatic heterocycles. The number of ether oxygens (including phenoxy) is 2. The topological polar surface area (TPSA) is 99.0 Å². The maximum Gasteiger partial charge on any atom is 0.414 e. The lowest BCUT2D eigenvalue weighted by molar-refractivity contribution is -0.389. The van der Waals surface area contributed by atoms with Gasteiger partial charge in [-0.05, 0) is 65.6 Å². The zero-order chi connectivity index (χ0) is 26.8. The lowest BCUT2D eigenvalue weighted by atomic mass is 10.2. The number of imidazole rings is 1. The van der Waals surface area contributed by atoms with Crippen molar-refractivity contribution in [2.45, 2.75) is 25.6 Å². The van der Waals surface area contributed by atoms with E-state index in [1.165, 1.54) is 6.20 Å². The molecule has 2 aromatic carbocycles. The van der Waals surface area contributed by atoms with E-state index in [-0.39, 0.29) is 17.9 Å². The van der Waals surface area contributed by atoms with E-state index >= 15 is 0 Å². The number of halogens is 1. The Morgan fingerprint density at radius 3 is 2.51 bits per heavy atom. The molecule has 1 saturated heterocycles. The molecule has 4 aromatic rings. The fourth-order valence-corrected chi connectivity index (χ4v) is 5.02. The van der Waals surface area contributed by atoms with Gasteiger partial charge in [0.25, 0.3) is 0 Å². The molecule has 0 radical (unpaired) electrons. The smallest absolute Gasteiger partial charge is 0.414 e. The maximum absolute atomic E-state index is 10.9. The monoisotopic (exact) mass is 549 g/mol. The highest BCUT2D eigenvalue weighted by Gasteiger charge is 2.28. The van der Waals surface area contributed by atoms with E-state index in [4.69, 9.17) is 25.5 Å². The van der Waals surface area contributed by atoms with Gasteiger partial charge in [0.05, 0.1) is 6.54 Å². The first kappa shape index (κ1) is 25.3. The van der Waals surface area contributed by atoms with Crippen LogP contribution in [0.2, 0.25) is 5.02 Å². The van der Waals surface area contributed by atoms with Gasteiger partial charge < -0.3 is 28.9 Å². The van der Waals surface area contributed by atoms with Crippen LogP contribution in [0.5, 0.6) is 11.8 Å². The number of furan rings is 1. The predicted molar refractivity (Wildman–Crippen MR) is 146 cm³/mol. The van der Waals surface area contributed by atoms with Crippen molar-refractivity contribution >= 4 is 23.1 Å². The standard InChI is InChI=1S/C28H28ClN5O5/c29-21-3-1-20(2-4-21)26-10-9-24(38-26)17-31-13-15-32(16-14-31)22-5-7-23(8-6-22)37-19-25-11-12-33-18-27(34(35)36)30-28(33)39-25/h1-10,18,25H,11-17,19H2. The van der Waals surface area contributed by atoms with E-state index in [2.05, 4.69) is 26.9 Å². The Bertz CT molecular complexity index is 1430. The van der Waals surface area contributed by atoms with Gasteiger partial charge in [0.1, 0.15) is 36.2 Å². The molecule has 202 valence electrons. The van der Waals surface area contributed by atoms with Crippen LogP contribution in [0, 0.1) is 10.1 Å². The minimum absolute atomic E-state index is 0.202. The third-order valence-corrected chi connectivity index (χ3v) is 7.31. The molecule has 4 heterocycles. The Kier molecular flexibility index (Phi) is 7.12. The molecule has 6 rings (SSSR count). The van der Waals surface area contributed by atoms with Gasteiger partial charge in [-0.2, -0.15) is 0 Å². The van der Waals surface area contributed by atoms with Gasteiger partial charge >= 0.3 is 11.8 Å². The van der Waals surface area contributed by atoms with Gasteiger partial charge in [0, 0.05) is 60.4 Å². The Balaban J connectivity index is 0.963. The van der Waals surface area contributed by atoms with Gasteiger partial charge in [-0.1, -0.05) is 11.6 Å². The molecule has 1 atom stereocenters. The molecule has 11 heteroatoms. The highest BCUT2D eigenvalue weighted by atomic mass is 35.5. The van der Waals surface area contributed by atoms with Gasteiger partial charge in [-0.3, -0.25) is 9.47 Å². The van der Waals surface area contributed by atoms with Crippen molar-refractivity contribution < 1.29 is 18.8 Å². The van der Waals surface area contributed by atoms with Gasteiger partial charge in [0.2, 0.25) is 0 Å². The number of nitro groups is 1. The molecule has 10 nitrogen and oxygen atoms in total. The van der Waals surface area contributed by atoms with Crippen molar-refractivity contribution in [3.05, 3.63) is 87.8 Å². The largest absolute Gasteiger partial charge is 0.490 e. The molecule has 39 heavy (non-hydrogen) atoms. The van der Waals surface area contributed by atoms with Crippen LogP contribution in [0.4, 0.5) is 11.5 Å². The number of benzene rings is 2. The molecular weight excluding hydrogens is 522 g/mol. The second-order valence-corrected chi connectivity index (χ2v) is 10.1. The zero-order valence-corrected chi connectivity index (χ0v) is 22.0. The number of aryl methyl sites for hydroxylation is 1. The number of hydrogen-bond donors (Lipinski definition) is 0. The quantitative estimate of drug-likeness (QED) is 0.217. The van der Waals surface area contributed by atoms with Crippen molar-refractivity contribution in [1.82, 2.24) is 14.5 Å². The molecule has 2 aliphatic heterocycles. The van der Waals surface area contributed by atoms with E-state index < -0.39 is 4.92 Å². The second kappa shape index (κ2) is 11.0. The van der Waals surface area contributed by atoms with Crippen LogP contribution in [-0.2, 0) is 13.1 Å². The molecule has 0 spiro atoms. The van der Waals surface area contributed by atoms with Crippen LogP contribution in [0.1, 0.15) is 12.2 Å². The molecular formula is C28H28ClN5O5. The van der Waals surface area contributed by atoms with E-state index in [1.807, 2.05) is 48.5 Å². The van der Waals surface area contributed by atoms with Crippen molar-refractivity contribution in [2.75, 3.05) is 37.7 Å². The van der Waals surface area contributed by atoms with Crippen molar-refractivity contribution in [3.63, 3.8) is 0 Å². The molecule has 0 N–H and O–H groups in total. The fourth-order valence-electron chi connectivity index (χ4n) is 4.90. The average molecular weight is 550 g/mol. The summed E-state index contributed by atoms with van der Waals surface area (Å²) in [5.74, 6) is 2.37. The van der Waals surface area contributed by atoms with Gasteiger partial charge in [0.15, 0.2) is 0 Å². The minimum Gasteiger partial charge on any atom is -0.490 e. The van der Waals surface area contributed by atoms with Crippen LogP contribution in [0.3, 0.4) is 0 Å². The molecule has 0 bridgehead atoms. The summed E-state index contributed by atoms with van der Waals surface area (Å²) in [6.07, 6.45) is 1.90. The van der Waals surface area contributed by atoms with Crippen LogP contribution in [-0.4, -0.2) is 58.3 Å². The predicted octanol–water partition coefficient (Wildman–Crippen LogP) is 5.26. The molecule has 0 saturated carbocycles. The van der Waals surface area contributed by atoms with Crippen molar-refractivity contribution in [1.29, 1.82) is 0 Å². The molecule has 0 aliphatic carbocycles. The summed E-state index contributed by atoms with van der Waals surface area (Å²) in [4.78, 5) is 19.1. The van der Waals surface area contributed by atoms with Crippen LogP contribution in [0.25, 0.3) is 11.3 Å². The van der Waals surface area contributed by atoms with Crippen LogP contribution in [0.15, 0.2) is 71.3 Å². The summed E-state index contributed by atoms with van der Waals surface area (Å²) in [6, 6.07) is 20.1. The van der Waals surface area contributed by atoms with Gasteiger partial charge in [-0.25, -0.2) is 0 Å². The normalized spacial score (nSPS) is 17.5. The molecule has 0 amide bonds. The third-order valence-electron chi connectivity index (χ3n) is 7.06. The minimum atomic E-state index is -0.514. The first-order valence-electron chi connectivity index (χ1n) is 12.9. The van der Waals surface area contributed by atoms with Crippen LogP contribution >= 0.6 is 11.6 Å². The van der Waals surface area contributed by atoms with E-state index in [9.17, 15) is 10.1 Å². The summed E-state index contributed by atoms with van der Waals surface area (Å²) in [7, 11) is 0. The Labute approximate surface area is 230 Å². The Morgan fingerprint density at radius 1 is 1.00 bits per heavy atom. The summed E-state index contributed by atoms with van der Waals surface area (Å²) < 4.78 is 19.5. The average Bonchev–Trinajstić information content (AvgIpc) is 3.60. The highest BCUT2D eigenvalue weighted by molar-refractivity contribution is 6.30. The number of aromatic nitrogens is 2. The summed E-state index contributed by atoms with van der Waals surface area (Å²) in [6.45, 7) is 5.50. The molecule has 1 unspecified atom stereocenters. The summed E-state index contributed by atoms with van der Waals surface area (Å²) in [5.41, 5.74) is 2.18. The lowest BCUT2D eigenvalue weighted by Crippen LogP contribution is -2.45. The molecule has 2 aliphatic rings. The van der Waals surface area contributed by atoms with Crippen LogP contribution < -0.4 is 14.4 Å². The fraction of sp³-hybridized carbons (Fsp3) is 0.321. The van der Waals surface area contributed by atoms with Crippen molar-refractivity contribution in [2.24, 2.45) is 0 Å². The van der Waals surface area contributed by atoms with Gasteiger partial charge in [-0.15, -0.1) is 0 Å². The van der Waals surface area contributed by atoms with E-state index in [1.54, 1.807) is 4.57 Å². The second-order valence-electron chi connectivity index (χ2n) is 9.70. The number of nitrogens with zero attached hydrogens (tertiary/aromatic N) is 5. The number of anilines is 1. The Morgan fingerprint density at radius 2 is 1.77 bits per heavy atom.